The van der Waals surface area contributed by atoms with Gasteiger partial charge in [0, 0.05) is 50.0 Å². The zero-order chi connectivity index (χ0) is 24.7. The highest BCUT2D eigenvalue weighted by Gasteiger charge is 2.52. The van der Waals surface area contributed by atoms with E-state index in [1.807, 2.05) is 4.90 Å². The SMILES string of the molecule is CNC(=O)C1CN(C(=O)c2cc(C)[nH]n2)CC12CCN(c1ccc(C#N)c(C(F)(F)F)c1)CC2. The monoisotopic (exact) mass is 474 g/mol. The Morgan fingerprint density at radius 1 is 1.26 bits per heavy atom. The molecule has 1 spiro atoms. The third kappa shape index (κ3) is 4.20. The van der Waals surface area contributed by atoms with Gasteiger partial charge in [0.1, 0.15) is 5.69 Å². The van der Waals surface area contributed by atoms with Crippen LogP contribution in [0.3, 0.4) is 0 Å². The average Bonchev–Trinajstić information content (AvgIpc) is 3.41. The maximum atomic E-state index is 13.4. The number of nitrogens with zero attached hydrogens (tertiary/aromatic N) is 4. The molecule has 0 saturated carbocycles. The maximum absolute atomic E-state index is 13.4. The fourth-order valence-corrected chi connectivity index (χ4v) is 5.13. The van der Waals surface area contributed by atoms with Gasteiger partial charge in [0.15, 0.2) is 0 Å². The number of benzene rings is 1. The molecule has 3 heterocycles. The van der Waals surface area contributed by atoms with Gasteiger partial charge < -0.3 is 15.1 Å². The highest BCUT2D eigenvalue weighted by atomic mass is 19.4. The molecule has 0 bridgehead atoms. The molecule has 180 valence electrons. The number of carbonyl (C=O) groups is 2. The molecule has 2 fully saturated rings. The summed E-state index contributed by atoms with van der Waals surface area (Å²) in [6.45, 7) is 3.30. The molecule has 0 aliphatic carbocycles. The third-order valence-electron chi connectivity index (χ3n) is 6.98. The fraction of sp³-hybridized carbons (Fsp3) is 0.478. The van der Waals surface area contributed by atoms with Crippen LogP contribution in [0.1, 0.15) is 40.2 Å². The van der Waals surface area contributed by atoms with Gasteiger partial charge in [-0.25, -0.2) is 0 Å². The number of hydrogen-bond acceptors (Lipinski definition) is 5. The number of nitriles is 1. The first kappa shape index (κ1) is 23.6. The van der Waals surface area contributed by atoms with Gasteiger partial charge in [-0.1, -0.05) is 0 Å². The van der Waals surface area contributed by atoms with E-state index in [9.17, 15) is 22.8 Å². The number of aromatic amines is 1. The lowest BCUT2D eigenvalue weighted by Gasteiger charge is -2.42. The lowest BCUT2D eigenvalue weighted by Crippen LogP contribution is -2.48. The zero-order valence-corrected chi connectivity index (χ0v) is 18.9. The van der Waals surface area contributed by atoms with Gasteiger partial charge in [-0.15, -0.1) is 0 Å². The van der Waals surface area contributed by atoms with E-state index in [2.05, 4.69) is 15.5 Å². The van der Waals surface area contributed by atoms with Gasteiger partial charge in [-0.2, -0.15) is 23.5 Å². The van der Waals surface area contributed by atoms with E-state index in [1.165, 1.54) is 12.1 Å². The minimum absolute atomic E-state index is 0.153. The summed E-state index contributed by atoms with van der Waals surface area (Å²) >= 11 is 0. The van der Waals surface area contributed by atoms with Gasteiger partial charge >= 0.3 is 6.18 Å². The molecule has 8 nitrogen and oxygen atoms in total. The summed E-state index contributed by atoms with van der Waals surface area (Å²) in [5.41, 5.74) is -0.410. The third-order valence-corrected chi connectivity index (χ3v) is 6.98. The van der Waals surface area contributed by atoms with Crippen LogP contribution in [-0.4, -0.2) is 60.1 Å². The summed E-state index contributed by atoms with van der Waals surface area (Å²) in [6, 6.07) is 6.98. The molecular formula is C23H25F3N6O2. The number of halogens is 3. The predicted molar refractivity (Wildman–Crippen MR) is 117 cm³/mol. The summed E-state index contributed by atoms with van der Waals surface area (Å²) < 4.78 is 40.2. The second-order valence-corrected chi connectivity index (χ2v) is 8.98. The van der Waals surface area contributed by atoms with E-state index in [0.29, 0.717) is 43.9 Å². The number of H-pyrrole nitrogens is 1. The number of carbonyl (C=O) groups excluding carboxylic acids is 2. The Hall–Kier alpha value is -3.55. The van der Waals surface area contributed by atoms with E-state index in [0.717, 1.165) is 11.8 Å². The molecule has 11 heteroatoms. The first-order chi connectivity index (χ1) is 16.1. The standard InChI is InChI=1S/C23H25F3N6O2/c1-14-9-19(30-29-14)21(34)32-12-18(20(33)28-2)22(13-32)5-7-31(8-6-22)16-4-3-15(11-27)17(10-16)23(24,25)26/h3-4,9-10,18H,5-8,12-13H2,1-2H3,(H,28,33)(H,29,30). The van der Waals surface area contributed by atoms with E-state index in [-0.39, 0.29) is 18.4 Å². The molecule has 2 aliphatic rings. The zero-order valence-electron chi connectivity index (χ0n) is 18.9. The number of amides is 2. The lowest BCUT2D eigenvalue weighted by molar-refractivity contribution is -0.137. The number of alkyl halides is 3. The van der Waals surface area contributed by atoms with Crippen LogP contribution < -0.4 is 10.2 Å². The number of hydrogen-bond donors (Lipinski definition) is 2. The molecule has 34 heavy (non-hydrogen) atoms. The molecule has 4 rings (SSSR count). The Morgan fingerprint density at radius 3 is 2.53 bits per heavy atom. The molecule has 2 saturated heterocycles. The number of aryl methyl sites for hydroxylation is 1. The van der Waals surface area contributed by atoms with Crippen LogP contribution >= 0.6 is 0 Å². The highest BCUT2D eigenvalue weighted by molar-refractivity contribution is 5.93. The van der Waals surface area contributed by atoms with E-state index in [1.54, 1.807) is 31.0 Å². The van der Waals surface area contributed by atoms with Crippen molar-refractivity contribution in [3.8, 4) is 6.07 Å². The Morgan fingerprint density at radius 2 is 1.97 bits per heavy atom. The van der Waals surface area contributed by atoms with Crippen LogP contribution in [-0.2, 0) is 11.0 Å². The summed E-state index contributed by atoms with van der Waals surface area (Å²) in [5.74, 6) is -0.825. The molecule has 1 aromatic carbocycles. The van der Waals surface area contributed by atoms with Gasteiger partial charge in [-0.3, -0.25) is 14.7 Å². The summed E-state index contributed by atoms with van der Waals surface area (Å²) in [4.78, 5) is 29.2. The quantitative estimate of drug-likeness (QED) is 0.712. The molecule has 2 aliphatic heterocycles. The van der Waals surface area contributed by atoms with Crippen LogP contribution in [0.25, 0.3) is 0 Å². The Labute approximate surface area is 194 Å². The number of piperidine rings is 1. The molecular weight excluding hydrogens is 449 g/mol. The molecule has 2 amide bonds. The maximum Gasteiger partial charge on any atom is 0.417 e. The topological polar surface area (TPSA) is 105 Å². The Bertz CT molecular complexity index is 1140. The van der Waals surface area contributed by atoms with Crippen LogP contribution in [0.4, 0.5) is 18.9 Å². The molecule has 2 aromatic rings. The van der Waals surface area contributed by atoms with Crippen LogP contribution in [0.2, 0.25) is 0 Å². The van der Waals surface area contributed by atoms with E-state index in [4.69, 9.17) is 5.26 Å². The predicted octanol–water partition coefficient (Wildman–Crippen LogP) is 2.71. The summed E-state index contributed by atoms with van der Waals surface area (Å²) in [7, 11) is 1.56. The molecule has 1 atom stereocenters. The Balaban J connectivity index is 1.55. The average molecular weight is 474 g/mol. The minimum atomic E-state index is -4.63. The normalized spacial score (nSPS) is 19.8. The van der Waals surface area contributed by atoms with Crippen molar-refractivity contribution in [2.45, 2.75) is 25.9 Å². The number of aromatic nitrogens is 2. The van der Waals surface area contributed by atoms with Crippen molar-refractivity contribution in [3.05, 3.63) is 46.8 Å². The molecule has 1 aromatic heterocycles. The largest absolute Gasteiger partial charge is 0.417 e. The van der Waals surface area contributed by atoms with E-state index >= 15 is 0 Å². The fourth-order valence-electron chi connectivity index (χ4n) is 5.13. The first-order valence-electron chi connectivity index (χ1n) is 11.0. The first-order valence-corrected chi connectivity index (χ1v) is 11.0. The van der Waals surface area contributed by atoms with Crippen molar-refractivity contribution in [1.82, 2.24) is 20.4 Å². The molecule has 1 unspecified atom stereocenters. The minimum Gasteiger partial charge on any atom is -0.371 e. The van der Waals surface area contributed by atoms with Gasteiger partial charge in [-0.05, 0) is 44.0 Å². The second-order valence-electron chi connectivity index (χ2n) is 8.98. The second kappa shape index (κ2) is 8.66. The van der Waals surface area contributed by atoms with Crippen molar-refractivity contribution >= 4 is 17.5 Å². The Kier molecular flexibility index (Phi) is 6.02. The number of likely N-dealkylation sites (tertiary alicyclic amines) is 1. The van der Waals surface area contributed by atoms with Crippen molar-refractivity contribution in [1.29, 1.82) is 5.26 Å². The van der Waals surface area contributed by atoms with E-state index < -0.39 is 28.6 Å². The number of anilines is 1. The smallest absolute Gasteiger partial charge is 0.371 e. The van der Waals surface area contributed by atoms with Crippen molar-refractivity contribution in [2.24, 2.45) is 11.3 Å². The summed E-state index contributed by atoms with van der Waals surface area (Å²) in [5, 5.41) is 18.5. The van der Waals surface area contributed by atoms with Gasteiger partial charge in [0.05, 0.1) is 23.1 Å². The number of nitrogens with one attached hydrogen (secondary N) is 2. The van der Waals surface area contributed by atoms with Crippen LogP contribution in [0.5, 0.6) is 0 Å². The lowest BCUT2D eigenvalue weighted by atomic mass is 9.70. The van der Waals surface area contributed by atoms with Crippen LogP contribution in [0, 0.1) is 29.6 Å². The van der Waals surface area contributed by atoms with Crippen LogP contribution in [0.15, 0.2) is 24.3 Å². The van der Waals surface area contributed by atoms with Gasteiger partial charge in [0.2, 0.25) is 5.91 Å². The van der Waals surface area contributed by atoms with Gasteiger partial charge in [0.25, 0.3) is 5.91 Å². The van der Waals surface area contributed by atoms with Crippen molar-refractivity contribution < 1.29 is 22.8 Å². The number of rotatable bonds is 3. The highest BCUT2D eigenvalue weighted by Crippen LogP contribution is 2.46. The van der Waals surface area contributed by atoms with Crippen molar-refractivity contribution in [3.63, 3.8) is 0 Å². The molecule has 2 N–H and O–H groups in total. The molecule has 0 radical (unpaired) electrons. The van der Waals surface area contributed by atoms with Crippen molar-refractivity contribution in [2.75, 3.05) is 38.1 Å². The summed E-state index contributed by atoms with van der Waals surface area (Å²) in [6.07, 6.45) is -3.55.